The lowest BCUT2D eigenvalue weighted by Crippen LogP contribution is -2.54. The van der Waals surface area contributed by atoms with Gasteiger partial charge in [-0.1, -0.05) is 0 Å². The normalized spacial score (nSPS) is 32.3. The van der Waals surface area contributed by atoms with Gasteiger partial charge in [0.15, 0.2) is 5.83 Å². The van der Waals surface area contributed by atoms with Crippen LogP contribution in [0.2, 0.25) is 0 Å². The molecule has 3 aliphatic rings. The van der Waals surface area contributed by atoms with Crippen LogP contribution in [0.4, 0.5) is 13.6 Å². The van der Waals surface area contributed by atoms with Crippen LogP contribution in [0.5, 0.6) is 0 Å². The van der Waals surface area contributed by atoms with Crippen molar-refractivity contribution in [2.75, 3.05) is 13.2 Å². The number of aliphatic hydroxyl groups excluding tert-OH is 1. The summed E-state index contributed by atoms with van der Waals surface area (Å²) in [5.74, 6) is -2.02. The Kier molecular flexibility index (Phi) is 7.72. The van der Waals surface area contributed by atoms with E-state index in [1.165, 1.54) is 0 Å². The minimum absolute atomic E-state index is 0.200. The summed E-state index contributed by atoms with van der Waals surface area (Å²) in [7, 11) is -4.74. The van der Waals surface area contributed by atoms with Gasteiger partial charge in [-0.2, -0.15) is 4.39 Å². The molecule has 2 saturated heterocycles. The third kappa shape index (κ3) is 5.73. The molecule has 4 rings (SSSR count). The Morgan fingerprint density at radius 1 is 1.22 bits per heavy atom. The lowest BCUT2D eigenvalue weighted by atomic mass is 10.2. The maximum atomic E-state index is 13.8. The fraction of sp³-hybridized carbons (Fsp3) is 0.611. The number of halogens is 2. The van der Waals surface area contributed by atoms with E-state index in [2.05, 4.69) is 5.32 Å². The van der Waals surface area contributed by atoms with Crippen LogP contribution in [-0.2, 0) is 23.1 Å². The van der Waals surface area contributed by atoms with Crippen LogP contribution >= 0.6 is 7.82 Å². The van der Waals surface area contributed by atoms with Gasteiger partial charge in [0.25, 0.3) is 5.56 Å². The number of aromatic amines is 1. The largest absolute Gasteiger partial charge is 0.472 e. The van der Waals surface area contributed by atoms with Crippen molar-refractivity contribution in [2.45, 2.75) is 56.2 Å². The molecule has 2 unspecified atom stereocenters. The number of phosphoric ester groups is 1. The fourth-order valence-electron chi connectivity index (χ4n) is 3.98. The lowest BCUT2D eigenvalue weighted by molar-refractivity contribution is -0.0578. The second-order valence-corrected chi connectivity index (χ2v) is 9.64. The monoisotopic (exact) mass is 539 g/mol. The summed E-state index contributed by atoms with van der Waals surface area (Å²) >= 11 is 0. The number of nitrogens with one attached hydrogen (secondary N) is 2. The van der Waals surface area contributed by atoms with Gasteiger partial charge in [-0.15, -0.1) is 0 Å². The molecule has 1 aromatic heterocycles. The summed E-state index contributed by atoms with van der Waals surface area (Å²) in [6.07, 6.45) is -4.64. The smallest absolute Gasteiger partial charge is 0.394 e. The zero-order valence-electron chi connectivity index (χ0n) is 18.5. The van der Waals surface area contributed by atoms with E-state index in [1.807, 2.05) is 4.98 Å². The average molecular weight is 539 g/mol. The highest BCUT2D eigenvalue weighted by atomic mass is 31.2. The third-order valence-corrected chi connectivity index (χ3v) is 6.77. The van der Waals surface area contributed by atoms with Crippen molar-refractivity contribution in [1.29, 1.82) is 0 Å². The maximum absolute atomic E-state index is 13.8. The molecule has 0 radical (unpaired) electrons. The molecule has 1 aromatic rings. The fourth-order valence-corrected chi connectivity index (χ4v) is 4.96. The van der Waals surface area contributed by atoms with Gasteiger partial charge in [0, 0.05) is 12.6 Å². The second-order valence-electron chi connectivity index (χ2n) is 8.24. The highest BCUT2D eigenvalue weighted by Gasteiger charge is 2.45. The molecule has 4 heterocycles. The third-order valence-electron chi connectivity index (χ3n) is 5.76. The summed E-state index contributed by atoms with van der Waals surface area (Å²) < 4.78 is 61.8. The van der Waals surface area contributed by atoms with Crippen molar-refractivity contribution in [2.24, 2.45) is 5.73 Å². The number of hydrogen-bond donors (Lipinski definition) is 5. The molecule has 0 aromatic carbocycles. The van der Waals surface area contributed by atoms with Crippen LogP contribution in [0, 0.1) is 5.82 Å². The number of carbonyl (C=O) groups excluding carboxylic acids is 1. The first-order valence-corrected chi connectivity index (χ1v) is 12.3. The molecule has 36 heavy (non-hydrogen) atoms. The minimum Gasteiger partial charge on any atom is -0.394 e. The first-order valence-electron chi connectivity index (χ1n) is 10.8. The van der Waals surface area contributed by atoms with E-state index in [4.69, 9.17) is 24.3 Å². The van der Waals surface area contributed by atoms with Crippen molar-refractivity contribution in [3.8, 4) is 0 Å². The molecule has 15 nitrogen and oxygen atoms in total. The van der Waals surface area contributed by atoms with Crippen molar-refractivity contribution >= 4 is 13.9 Å². The standard InChI is InChI=1S/C18H24F2N5O10P/c19-9-4-25(17(28)22-15(9)21)14-3-11(12(6-26)34-14)35-36(30,31)32-7-8-1-2-13(33-8)24-5-10(20)16(27)23-18(24)29/h4-5,8,11-15,26H,1-3,6-7,21H2,(H,22,28)(H,30,31)(H,23,27,29)/t8-,11+,12-,13+,14+,15?/m0/s1. The lowest BCUT2D eigenvalue weighted by Gasteiger charge is -2.30. The molecular formula is C18H24F2N5O10P. The molecule has 6 N–H and O–H groups in total. The number of nitrogens with zero attached hydrogens (tertiary/aromatic N) is 2. The van der Waals surface area contributed by atoms with Crippen LogP contribution in [0.25, 0.3) is 0 Å². The van der Waals surface area contributed by atoms with E-state index in [1.54, 1.807) is 0 Å². The molecule has 0 aliphatic carbocycles. The van der Waals surface area contributed by atoms with Gasteiger partial charge in [-0.25, -0.2) is 18.5 Å². The zero-order valence-corrected chi connectivity index (χ0v) is 19.4. The Labute approximate surface area is 201 Å². The number of hydrogen-bond acceptors (Lipinski definition) is 10. The Balaban J connectivity index is 1.33. The Hall–Kier alpha value is -2.50. The van der Waals surface area contributed by atoms with Crippen molar-refractivity contribution in [1.82, 2.24) is 19.8 Å². The van der Waals surface area contributed by atoms with Crippen molar-refractivity contribution in [3.05, 3.63) is 44.9 Å². The Bertz CT molecular complexity index is 1190. The Morgan fingerprint density at radius 2 is 1.97 bits per heavy atom. The summed E-state index contributed by atoms with van der Waals surface area (Å²) in [5.41, 5.74) is 3.34. The SMILES string of the molecule is NC1NC(=O)N([C@H]2C[C@@H](OP(=O)(O)OC[C@@H]3CC[C@H](n4cc(F)c(=O)[nH]c4=O)O3)[C@H](CO)O2)C=C1F. The molecule has 7 atom stereocenters. The van der Waals surface area contributed by atoms with Gasteiger partial charge in [0.05, 0.1) is 25.5 Å². The van der Waals surface area contributed by atoms with Gasteiger partial charge in [-0.3, -0.25) is 28.3 Å². The number of aliphatic hydroxyl groups is 1. The minimum atomic E-state index is -4.74. The summed E-state index contributed by atoms with van der Waals surface area (Å²) in [4.78, 5) is 48.0. The molecular weight excluding hydrogens is 515 g/mol. The molecule has 3 aliphatic heterocycles. The highest BCUT2D eigenvalue weighted by molar-refractivity contribution is 7.47. The van der Waals surface area contributed by atoms with E-state index in [0.29, 0.717) is 6.20 Å². The molecule has 0 bridgehead atoms. The number of ether oxygens (including phenoxy) is 2. The molecule has 0 saturated carbocycles. The van der Waals surface area contributed by atoms with E-state index in [0.717, 1.165) is 15.7 Å². The van der Waals surface area contributed by atoms with E-state index < -0.39 is 86.9 Å². The van der Waals surface area contributed by atoms with E-state index in [-0.39, 0.29) is 19.3 Å². The topological polar surface area (TPSA) is 208 Å². The number of nitrogens with two attached hydrogens (primary N) is 1. The highest BCUT2D eigenvalue weighted by Crippen LogP contribution is 2.48. The Morgan fingerprint density at radius 3 is 2.69 bits per heavy atom. The number of H-pyrrole nitrogens is 1. The predicted octanol–water partition coefficient (Wildman–Crippen LogP) is -0.916. The summed E-state index contributed by atoms with van der Waals surface area (Å²) in [5, 5.41) is 11.7. The number of rotatable bonds is 8. The van der Waals surface area contributed by atoms with Crippen LogP contribution in [0.15, 0.2) is 27.8 Å². The van der Waals surface area contributed by atoms with E-state index in [9.17, 15) is 37.7 Å². The molecule has 18 heteroatoms. The van der Waals surface area contributed by atoms with Crippen LogP contribution in [0.3, 0.4) is 0 Å². The molecule has 2 fully saturated rings. The molecule has 200 valence electrons. The zero-order chi connectivity index (χ0) is 26.2. The quantitative estimate of drug-likeness (QED) is 0.255. The first kappa shape index (κ1) is 26.6. The number of aromatic nitrogens is 2. The van der Waals surface area contributed by atoms with Crippen LogP contribution < -0.4 is 22.3 Å². The number of carbonyl (C=O) groups is 1. The predicted molar refractivity (Wildman–Crippen MR) is 113 cm³/mol. The average Bonchev–Trinajstić information content (AvgIpc) is 3.44. The maximum Gasteiger partial charge on any atom is 0.472 e. The molecule has 2 amide bonds. The number of amides is 2. The van der Waals surface area contributed by atoms with Gasteiger partial charge in [0.1, 0.15) is 30.8 Å². The number of phosphoric acid groups is 1. The second kappa shape index (κ2) is 10.5. The summed E-state index contributed by atoms with van der Waals surface area (Å²) in [6, 6.07) is -0.774. The van der Waals surface area contributed by atoms with Crippen molar-refractivity contribution < 1.29 is 46.7 Å². The summed E-state index contributed by atoms with van der Waals surface area (Å²) in [6.45, 7) is -1.08. The van der Waals surface area contributed by atoms with Gasteiger partial charge in [0.2, 0.25) is 5.82 Å². The molecule has 0 spiro atoms. The van der Waals surface area contributed by atoms with Gasteiger partial charge in [-0.05, 0) is 12.8 Å². The van der Waals surface area contributed by atoms with Gasteiger partial charge >= 0.3 is 19.5 Å². The number of urea groups is 1. The van der Waals surface area contributed by atoms with Crippen LogP contribution in [-0.4, -0.2) is 74.4 Å². The van der Waals surface area contributed by atoms with Crippen molar-refractivity contribution in [3.63, 3.8) is 0 Å². The first-order chi connectivity index (χ1) is 17.0. The van der Waals surface area contributed by atoms with Crippen LogP contribution in [0.1, 0.15) is 25.5 Å². The van der Waals surface area contributed by atoms with Gasteiger partial charge < -0.3 is 30.5 Å². The van der Waals surface area contributed by atoms with E-state index >= 15 is 0 Å².